The minimum atomic E-state index is -4.63. The highest BCUT2D eigenvalue weighted by molar-refractivity contribution is 7.92. The number of alkyl halides is 3. The van der Waals surface area contributed by atoms with Crippen LogP contribution in [0.4, 0.5) is 18.9 Å². The number of sulfonamides is 1. The van der Waals surface area contributed by atoms with E-state index in [1.807, 2.05) is 11.9 Å². The fraction of sp³-hybridized carbons (Fsp3) is 0.409. The fourth-order valence-electron chi connectivity index (χ4n) is 3.96. The van der Waals surface area contributed by atoms with E-state index in [1.165, 1.54) is 31.4 Å². The van der Waals surface area contributed by atoms with Crippen LogP contribution in [0.1, 0.15) is 52.9 Å². The molecular weight excluding hydrogens is 445 g/mol. The minimum absolute atomic E-state index is 0.0323. The van der Waals surface area contributed by atoms with Crippen LogP contribution in [0.25, 0.3) is 0 Å². The summed E-state index contributed by atoms with van der Waals surface area (Å²) in [5, 5.41) is 0. The molecule has 0 saturated carbocycles. The Kier molecular flexibility index (Phi) is 6.85. The van der Waals surface area contributed by atoms with Crippen LogP contribution in [0.15, 0.2) is 41.3 Å². The quantitative estimate of drug-likeness (QED) is 0.624. The Balaban J connectivity index is 2.11. The van der Waals surface area contributed by atoms with Gasteiger partial charge in [0.05, 0.1) is 28.8 Å². The molecule has 3 rings (SSSR count). The van der Waals surface area contributed by atoms with Crippen LogP contribution in [-0.2, 0) is 27.4 Å². The highest BCUT2D eigenvalue weighted by atomic mass is 32.2. The molecule has 10 heteroatoms. The second kappa shape index (κ2) is 9.11. The maximum Gasteiger partial charge on any atom is 0.416 e. The van der Waals surface area contributed by atoms with Gasteiger partial charge in [0.1, 0.15) is 0 Å². The van der Waals surface area contributed by atoms with Gasteiger partial charge in [-0.05, 0) is 68.2 Å². The number of nitrogens with one attached hydrogen (secondary N) is 1. The van der Waals surface area contributed by atoms with Crippen LogP contribution in [0.5, 0.6) is 0 Å². The van der Waals surface area contributed by atoms with Gasteiger partial charge in [-0.15, -0.1) is 0 Å². The Morgan fingerprint density at radius 3 is 2.50 bits per heavy atom. The van der Waals surface area contributed by atoms with Crippen molar-refractivity contribution in [3.63, 3.8) is 0 Å². The smallest absolute Gasteiger partial charge is 0.416 e. The van der Waals surface area contributed by atoms with Crippen LogP contribution in [-0.4, -0.2) is 40.0 Å². The van der Waals surface area contributed by atoms with Crippen molar-refractivity contribution in [2.24, 2.45) is 0 Å². The molecule has 1 atom stereocenters. The zero-order chi connectivity index (χ0) is 23.7. The van der Waals surface area contributed by atoms with E-state index in [4.69, 9.17) is 0 Å². The van der Waals surface area contributed by atoms with Crippen molar-refractivity contribution >= 4 is 21.7 Å². The van der Waals surface area contributed by atoms with Crippen molar-refractivity contribution in [2.75, 3.05) is 25.4 Å². The van der Waals surface area contributed by atoms with Crippen molar-refractivity contribution in [1.29, 1.82) is 0 Å². The number of methoxy groups -OCH3 is 1. The number of rotatable bonds is 6. The number of ether oxygens (including phenoxy) is 1. The second-order valence-electron chi connectivity index (χ2n) is 7.71. The van der Waals surface area contributed by atoms with Gasteiger partial charge in [0, 0.05) is 6.04 Å². The normalized spacial score (nSPS) is 17.4. The Hall–Kier alpha value is -2.59. The van der Waals surface area contributed by atoms with Crippen molar-refractivity contribution in [1.82, 2.24) is 4.90 Å². The third-order valence-corrected chi connectivity index (χ3v) is 7.11. The number of carbonyl (C=O) groups excluding carboxylic acids is 1. The van der Waals surface area contributed by atoms with E-state index in [9.17, 15) is 26.4 Å². The third kappa shape index (κ3) is 4.91. The van der Waals surface area contributed by atoms with Gasteiger partial charge < -0.3 is 4.74 Å². The maximum absolute atomic E-state index is 13.4. The number of carbonyl (C=O) groups is 1. The number of anilines is 1. The molecule has 1 aliphatic heterocycles. The lowest BCUT2D eigenvalue weighted by molar-refractivity contribution is -0.137. The van der Waals surface area contributed by atoms with E-state index in [-0.39, 0.29) is 22.2 Å². The molecule has 0 aromatic heterocycles. The Morgan fingerprint density at radius 2 is 1.94 bits per heavy atom. The summed E-state index contributed by atoms with van der Waals surface area (Å²) in [5.41, 5.74) is -0.131. The van der Waals surface area contributed by atoms with E-state index in [0.717, 1.165) is 25.1 Å². The fourth-order valence-corrected chi connectivity index (χ4v) is 5.37. The zero-order valence-electron chi connectivity index (χ0n) is 18.0. The van der Waals surface area contributed by atoms with Crippen LogP contribution in [0.3, 0.4) is 0 Å². The van der Waals surface area contributed by atoms with E-state index in [1.54, 1.807) is 6.92 Å². The number of esters is 1. The predicted molar refractivity (Wildman–Crippen MR) is 114 cm³/mol. The molecule has 1 N–H and O–H groups in total. The summed E-state index contributed by atoms with van der Waals surface area (Å²) in [6, 6.07) is 7.05. The van der Waals surface area contributed by atoms with Gasteiger partial charge in [0.2, 0.25) is 0 Å². The first-order valence-electron chi connectivity index (χ1n) is 10.1. The molecule has 0 spiro atoms. The second-order valence-corrected chi connectivity index (χ2v) is 9.36. The first-order valence-corrected chi connectivity index (χ1v) is 11.6. The van der Waals surface area contributed by atoms with E-state index in [0.29, 0.717) is 24.0 Å². The van der Waals surface area contributed by atoms with Gasteiger partial charge in [-0.2, -0.15) is 13.2 Å². The summed E-state index contributed by atoms with van der Waals surface area (Å²) in [7, 11) is -1.27. The highest BCUT2D eigenvalue weighted by Gasteiger charge is 2.34. The summed E-state index contributed by atoms with van der Waals surface area (Å²) < 4.78 is 73.7. The lowest BCUT2D eigenvalue weighted by Gasteiger charge is -2.24. The molecule has 32 heavy (non-hydrogen) atoms. The maximum atomic E-state index is 13.4. The van der Waals surface area contributed by atoms with Crippen molar-refractivity contribution in [3.8, 4) is 0 Å². The average Bonchev–Trinajstić information content (AvgIpc) is 3.17. The monoisotopic (exact) mass is 470 g/mol. The molecule has 6 nitrogen and oxygen atoms in total. The van der Waals surface area contributed by atoms with E-state index >= 15 is 0 Å². The average molecular weight is 471 g/mol. The van der Waals surface area contributed by atoms with Gasteiger partial charge in [0.25, 0.3) is 10.0 Å². The van der Waals surface area contributed by atoms with Crippen molar-refractivity contribution < 1.29 is 31.1 Å². The SMILES string of the molecule is CCc1ccc(C(=O)OC)cc1S(=O)(=O)Nc1cc(C(F)(F)F)ccc1C1CCCN1C. The number of benzene rings is 2. The van der Waals surface area contributed by atoms with E-state index in [2.05, 4.69) is 9.46 Å². The van der Waals surface area contributed by atoms with Crippen LogP contribution in [0, 0.1) is 0 Å². The lowest BCUT2D eigenvalue weighted by atomic mass is 10.0. The topological polar surface area (TPSA) is 75.7 Å². The first-order chi connectivity index (χ1) is 15.0. The number of aryl methyl sites for hydroxylation is 1. The summed E-state index contributed by atoms with van der Waals surface area (Å²) in [6.07, 6.45) is -2.72. The first kappa shape index (κ1) is 24.1. The molecule has 1 unspecified atom stereocenters. The molecule has 2 aromatic rings. The van der Waals surface area contributed by atoms with Crippen LogP contribution < -0.4 is 4.72 Å². The number of nitrogens with zero attached hydrogens (tertiary/aromatic N) is 1. The van der Waals surface area contributed by atoms with Crippen LogP contribution in [0.2, 0.25) is 0 Å². The molecule has 0 aliphatic carbocycles. The van der Waals surface area contributed by atoms with Gasteiger partial charge >= 0.3 is 12.1 Å². The third-order valence-electron chi connectivity index (χ3n) is 5.66. The highest BCUT2D eigenvalue weighted by Crippen LogP contribution is 2.39. The largest absolute Gasteiger partial charge is 0.465 e. The summed E-state index contributed by atoms with van der Waals surface area (Å²) >= 11 is 0. The minimum Gasteiger partial charge on any atom is -0.465 e. The molecule has 0 bridgehead atoms. The number of hydrogen-bond donors (Lipinski definition) is 1. The molecule has 1 aliphatic rings. The molecule has 2 aromatic carbocycles. The van der Waals surface area contributed by atoms with Crippen molar-refractivity contribution in [2.45, 2.75) is 43.3 Å². The molecule has 0 radical (unpaired) electrons. The molecule has 0 amide bonds. The summed E-state index contributed by atoms with van der Waals surface area (Å²) in [6.45, 7) is 2.51. The molecule has 1 saturated heterocycles. The standard InChI is InChI=1S/C22H25F3N2O4S/c1-4-14-7-8-15(21(28)31-3)12-20(14)32(29,30)26-18-13-16(22(23,24)25)9-10-17(18)19-6-5-11-27(19)2/h7-10,12-13,19,26H,4-6,11H2,1-3H3. The predicted octanol–water partition coefficient (Wildman–Crippen LogP) is 4.62. The van der Waals surface area contributed by atoms with Gasteiger partial charge in [-0.3, -0.25) is 9.62 Å². The Bertz CT molecular complexity index is 1120. The summed E-state index contributed by atoms with van der Waals surface area (Å²) in [4.78, 5) is 13.7. The van der Waals surface area contributed by atoms with Gasteiger partial charge in [0.15, 0.2) is 0 Å². The number of halogens is 3. The Labute approximate surface area is 185 Å². The number of likely N-dealkylation sites (tertiary alicyclic amines) is 1. The van der Waals surface area contributed by atoms with Gasteiger partial charge in [-0.1, -0.05) is 19.1 Å². The van der Waals surface area contributed by atoms with Crippen molar-refractivity contribution in [3.05, 3.63) is 58.7 Å². The summed E-state index contributed by atoms with van der Waals surface area (Å²) in [5.74, 6) is -0.712. The molecule has 174 valence electrons. The molecular formula is C22H25F3N2O4S. The zero-order valence-corrected chi connectivity index (χ0v) is 18.8. The van der Waals surface area contributed by atoms with Gasteiger partial charge in [-0.25, -0.2) is 13.2 Å². The molecule has 1 heterocycles. The lowest BCUT2D eigenvalue weighted by Crippen LogP contribution is -2.22. The number of hydrogen-bond acceptors (Lipinski definition) is 5. The van der Waals surface area contributed by atoms with Crippen LogP contribution >= 0.6 is 0 Å². The molecule has 1 fully saturated rings. The Morgan fingerprint density at radius 1 is 1.22 bits per heavy atom. The van der Waals surface area contributed by atoms with E-state index < -0.39 is 27.7 Å².